The van der Waals surface area contributed by atoms with Crippen LogP contribution in [-0.4, -0.2) is 306 Å². The largest absolute Gasteiger partial charge is 0.508 e. The number of phenolic OH excluding ortho intramolecular Hbond substituents is 2. The van der Waals surface area contributed by atoms with E-state index in [9.17, 15) is 101 Å². The number of thioether (sulfide) groups is 1. The van der Waals surface area contributed by atoms with E-state index in [0.717, 1.165) is 0 Å². The van der Waals surface area contributed by atoms with Crippen LogP contribution in [0, 0.1) is 16.7 Å². The first-order chi connectivity index (χ1) is 69.6. The summed E-state index contributed by atoms with van der Waals surface area (Å²) in [5.41, 5.74) is 31.1. The lowest BCUT2D eigenvalue weighted by Crippen LogP contribution is -2.61. The molecular weight excluding hydrogens is 1960 g/mol. The minimum absolute atomic E-state index is 0.0138. The number of alkyl halides is 3. The topological polar surface area (TPSA) is 839 Å². The normalized spacial score (nSPS) is 14.6. The molecule has 13 atom stereocenters. The number of primary amides is 1. The Bertz CT molecular complexity index is 5600. The van der Waals surface area contributed by atoms with Crippen LogP contribution in [0.2, 0.25) is 0 Å². The number of para-hydroxylation sites is 2. The maximum absolute atomic E-state index is 15.6. The Morgan fingerprint density at radius 1 is 0.449 bits per heavy atom. The minimum Gasteiger partial charge on any atom is -0.508 e. The number of carbonyl (C=O) groups is 19. The molecule has 0 unspecified atom stereocenters. The Hall–Kier alpha value is -15.9. The predicted molar refractivity (Wildman–Crippen MR) is 526 cm³/mol. The molecule has 0 saturated carbocycles. The maximum atomic E-state index is 15.6. The zero-order chi connectivity index (χ0) is 109. The Morgan fingerprint density at radius 2 is 0.837 bits per heavy atom. The van der Waals surface area contributed by atoms with Crippen LogP contribution in [0.5, 0.6) is 11.5 Å². The number of carboxylic acid groups (broad SMARTS) is 4. The average Bonchev–Trinajstić information content (AvgIpc) is 1.56. The summed E-state index contributed by atoms with van der Waals surface area (Å²) < 4.78 is 31.7. The van der Waals surface area contributed by atoms with Crippen LogP contribution in [0.3, 0.4) is 0 Å². The van der Waals surface area contributed by atoms with Gasteiger partial charge in [-0.1, -0.05) is 74.5 Å². The Labute approximate surface area is 844 Å². The van der Waals surface area contributed by atoms with Crippen LogP contribution in [0.4, 0.5) is 13.2 Å². The van der Waals surface area contributed by atoms with E-state index >= 15 is 24.0 Å². The van der Waals surface area contributed by atoms with Gasteiger partial charge in [-0.05, 0) is 160 Å². The summed E-state index contributed by atoms with van der Waals surface area (Å²) in [4.78, 5) is 270. The highest BCUT2D eigenvalue weighted by Crippen LogP contribution is 2.26. The quantitative estimate of drug-likeness (QED) is 0.0101. The van der Waals surface area contributed by atoms with Crippen molar-refractivity contribution in [3.63, 3.8) is 0 Å². The molecule has 0 aliphatic carbocycles. The number of aromatic hydroxyl groups is 2. The van der Waals surface area contributed by atoms with Crippen molar-refractivity contribution < 1.29 is 135 Å². The number of rotatable bonds is 60. The van der Waals surface area contributed by atoms with Gasteiger partial charge in [-0.3, -0.25) is 97.1 Å². The van der Waals surface area contributed by atoms with E-state index in [1.54, 1.807) is 81.0 Å². The SMILES string of the molecule is CSCC[C@H](NC(=O)[C@H](Cc1c[nH]c2ccccc12)NC(=O)[C@H](Cc1c[nH]c2ccccc12)NC(=O)[C@H](CCC(=O)O)NC(=O)[C@@H]1CCCN1C(=O)[C@H](CCCNC(=N)N)NC(=O)CNC(=O)[C@@H](N)C(C)C)C(=O)N[C@@H](CC(=O)O)C(=O)N[C@@H](Cc1ccc(O)cc1)C(=O)N[C@@H](CCC(N)=O)C(=O)N[C@@H](CCCCN)C(=O)N[C@@H](CCCNC(=N)N)C(=O)N[C@@H](Cc1ccc(O)cc1)C(=O)NCC(=O)O.O=C(O)C(F)(F)F. The highest BCUT2D eigenvalue weighted by molar-refractivity contribution is 7.98. The number of aromatic nitrogens is 2. The zero-order valence-electron chi connectivity index (χ0n) is 80.7. The summed E-state index contributed by atoms with van der Waals surface area (Å²) in [7, 11) is 0. The van der Waals surface area contributed by atoms with Crippen molar-refractivity contribution in [2.45, 2.75) is 221 Å². The number of likely N-dealkylation sites (tertiary alicyclic amines) is 1. The lowest BCUT2D eigenvalue weighted by atomic mass is 10.0. The van der Waals surface area contributed by atoms with Crippen LogP contribution in [0.1, 0.15) is 132 Å². The van der Waals surface area contributed by atoms with Crippen LogP contribution in [0.25, 0.3) is 21.8 Å². The van der Waals surface area contributed by atoms with Crippen LogP contribution >= 0.6 is 11.8 Å². The smallest absolute Gasteiger partial charge is 0.490 e. The number of nitrogens with zero attached hydrogens (tertiary/aromatic N) is 1. The number of amides is 15. The Balaban J connectivity index is 0.00000454. The molecule has 1 aliphatic rings. The minimum atomic E-state index is -5.08. The first-order valence-corrected chi connectivity index (χ1v) is 48.1. The van der Waals surface area contributed by atoms with E-state index in [-0.39, 0.29) is 144 Å². The monoisotopic (exact) mass is 2080 g/mol. The summed E-state index contributed by atoms with van der Waals surface area (Å²) in [5.74, 6) is -23.9. The van der Waals surface area contributed by atoms with Crippen molar-refractivity contribution >= 4 is 158 Å². The van der Waals surface area contributed by atoms with Crippen molar-refractivity contribution in [1.82, 2.24) is 94.6 Å². The van der Waals surface area contributed by atoms with Crippen molar-refractivity contribution in [3.05, 3.63) is 132 Å². The third-order valence-corrected chi connectivity index (χ3v) is 23.7. The molecule has 15 amide bonds. The number of hydrogen-bond acceptors (Lipinski definition) is 26. The van der Waals surface area contributed by atoms with Gasteiger partial charge in [0, 0.05) is 92.4 Å². The molecule has 0 spiro atoms. The first kappa shape index (κ1) is 120. The van der Waals surface area contributed by atoms with Gasteiger partial charge < -0.3 is 154 Å². The Morgan fingerprint density at radius 3 is 1.26 bits per heavy atom. The Kier molecular flexibility index (Phi) is 48.9. The van der Waals surface area contributed by atoms with E-state index in [1.807, 2.05) is 0 Å². The number of halogens is 3. The highest BCUT2D eigenvalue weighted by Gasteiger charge is 2.43. The molecule has 4 aromatic carbocycles. The summed E-state index contributed by atoms with van der Waals surface area (Å²) in [5, 5.41) is 112. The molecular formula is C93H128F3N25O25S. The fraction of sp³-hybridized carbons (Fsp3) is 0.473. The molecule has 3 heterocycles. The lowest BCUT2D eigenvalue weighted by Gasteiger charge is -2.30. The fourth-order valence-corrected chi connectivity index (χ4v) is 15.8. The van der Waals surface area contributed by atoms with Crippen molar-refractivity contribution in [2.75, 3.05) is 51.3 Å². The molecule has 1 aliphatic heterocycles. The van der Waals surface area contributed by atoms with Gasteiger partial charge >= 0.3 is 30.1 Å². The standard InChI is InChI=1S/C91H127N25O23S.C2HF3O2/c1-48(2)76(94)88(138)103-46-72(120)105-64(19-11-36-100-91(97)98)89(139)116-37-12-20-70(116)87(137)110-62(30-32-73(121)122)81(131)113-68(42-52-45-102-58-16-7-5-14-56(52)58)85(135)114-67(41-51-44-101-57-15-6-4-13-55(51)57)84(134)109-63(33-38-140-3)82(132)115-69(43-74(123)124)86(136)112-66(40-50-23-27-54(118)28-24-50)83(133)108-61(29-31-71(93)119)80(130)106-59(17-8-9-34-92)78(128)107-60(18-10-35-99-90(95)96)79(129)111-65(77(127)104-47-75(125)126)39-49-21-25-53(117)26-22-49;3-2(4,5)1(6)7/h4-7,13-16,21-28,44-45,48,59-70,76,101-102,117-118H,8-12,17-20,29-43,46-47,92,94H2,1-3H3,(H2,93,119)(H,103,138)(H,104,127)(H,105,120)(H,106,130)(H,107,128)(H,108,133)(H,109,134)(H,110,137)(H,111,129)(H,112,136)(H,113,131)(H,114,135)(H,115,132)(H,121,122)(H,123,124)(H,125,126)(H4,95,96,99)(H4,97,98,100);(H,6,7)/t59-,60-,61-,62-,63-,64-,65-,66-,67-,68-,69-,70-,76-;/m0./s1. The number of unbranched alkanes of at least 4 members (excludes halogenated alkanes) is 1. The number of phenols is 2. The summed E-state index contributed by atoms with van der Waals surface area (Å²) in [6, 6.07) is 3.33. The average molecular weight is 2090 g/mol. The maximum Gasteiger partial charge on any atom is 0.490 e. The van der Waals surface area contributed by atoms with Crippen molar-refractivity contribution in [1.29, 1.82) is 10.8 Å². The lowest BCUT2D eigenvalue weighted by molar-refractivity contribution is -0.192. The number of aromatic amines is 2. The van der Waals surface area contributed by atoms with Crippen LogP contribution in [-0.2, 0) is 117 Å². The van der Waals surface area contributed by atoms with E-state index in [2.05, 4.69) is 89.7 Å². The molecule has 35 N–H and O–H groups in total. The molecule has 1 fully saturated rings. The van der Waals surface area contributed by atoms with Gasteiger partial charge in [-0.2, -0.15) is 24.9 Å². The number of guanidine groups is 2. The number of carboxylic acids is 4. The van der Waals surface area contributed by atoms with Gasteiger partial charge in [0.15, 0.2) is 11.9 Å². The van der Waals surface area contributed by atoms with Gasteiger partial charge in [-0.25, -0.2) is 4.79 Å². The van der Waals surface area contributed by atoms with Crippen molar-refractivity contribution in [2.24, 2.45) is 34.6 Å². The third-order valence-electron chi connectivity index (χ3n) is 23.1. The van der Waals surface area contributed by atoms with E-state index < -0.39 is 255 Å². The number of nitrogens with one attached hydrogen (secondary N) is 19. The number of hydrogen-bond donors (Lipinski definition) is 30. The van der Waals surface area contributed by atoms with Gasteiger partial charge in [0.25, 0.3) is 0 Å². The second kappa shape index (κ2) is 60.0. The van der Waals surface area contributed by atoms with Crippen molar-refractivity contribution in [3.8, 4) is 11.5 Å². The summed E-state index contributed by atoms with van der Waals surface area (Å²) in [6.07, 6.45) is -5.50. The van der Waals surface area contributed by atoms with E-state index in [0.29, 0.717) is 38.5 Å². The molecule has 2 aromatic heterocycles. The number of nitrogens with two attached hydrogens (primary N) is 5. The molecule has 54 heteroatoms. The molecule has 802 valence electrons. The summed E-state index contributed by atoms with van der Waals surface area (Å²) in [6.45, 7) is 2.09. The molecule has 0 radical (unpaired) electrons. The highest BCUT2D eigenvalue weighted by atomic mass is 32.2. The molecule has 147 heavy (non-hydrogen) atoms. The van der Waals surface area contributed by atoms with E-state index in [4.69, 9.17) is 49.4 Å². The predicted octanol–water partition coefficient (Wildman–Crippen LogP) is -3.40. The number of H-pyrrole nitrogens is 2. The number of fused-ring (bicyclic) bond motifs is 2. The fourth-order valence-electron chi connectivity index (χ4n) is 15.3. The van der Waals surface area contributed by atoms with Gasteiger partial charge in [0.2, 0.25) is 88.6 Å². The van der Waals surface area contributed by atoms with Crippen LogP contribution < -0.4 is 108 Å². The second-order valence-corrected chi connectivity index (χ2v) is 35.7. The van der Waals surface area contributed by atoms with Gasteiger partial charge in [0.1, 0.15) is 90.5 Å². The van der Waals surface area contributed by atoms with E-state index in [1.165, 1.54) is 65.2 Å². The molecule has 6 aromatic rings. The number of aliphatic carboxylic acids is 4. The molecule has 1 saturated heterocycles. The van der Waals surface area contributed by atoms with Gasteiger partial charge in [-0.15, -0.1) is 0 Å². The molecule has 7 rings (SSSR count). The summed E-state index contributed by atoms with van der Waals surface area (Å²) >= 11 is 1.19. The molecule has 50 nitrogen and oxygen atoms in total. The van der Waals surface area contributed by atoms with Crippen LogP contribution in [0.15, 0.2) is 109 Å². The third kappa shape index (κ3) is 41.4. The zero-order valence-corrected chi connectivity index (χ0v) is 81.5. The second-order valence-electron chi connectivity index (χ2n) is 34.8. The van der Waals surface area contributed by atoms with Gasteiger partial charge in [0.05, 0.1) is 19.0 Å². The molecule has 0 bridgehead atoms. The first-order valence-electron chi connectivity index (χ1n) is 46.8. The number of carbonyl (C=O) groups excluding carboxylic acids is 15. The number of benzene rings is 4.